The minimum absolute atomic E-state index is 0.00259. The fourth-order valence-electron chi connectivity index (χ4n) is 1.96. The van der Waals surface area contributed by atoms with Crippen molar-refractivity contribution in [2.45, 2.75) is 25.0 Å². The molecule has 2 aromatic carbocycles. The molecule has 0 aliphatic rings. The summed E-state index contributed by atoms with van der Waals surface area (Å²) in [5.74, 6) is -2.57. The van der Waals surface area contributed by atoms with Crippen LogP contribution in [0.5, 0.6) is 11.5 Å². The topological polar surface area (TPSA) is 156 Å². The first-order valence-electron chi connectivity index (χ1n) is 7.57. The molecule has 140 valence electrons. The molecule has 0 spiro atoms. The Morgan fingerprint density at radius 2 is 1.00 bits per heavy atom. The molecule has 6 N–H and O–H groups in total. The van der Waals surface area contributed by atoms with Crippen LogP contribution in [0.1, 0.15) is 11.1 Å². The van der Waals surface area contributed by atoms with Gasteiger partial charge in [0.05, 0.1) is 0 Å². The van der Waals surface area contributed by atoms with Gasteiger partial charge in [0.15, 0.2) is 12.2 Å². The van der Waals surface area contributed by atoms with Crippen molar-refractivity contribution in [3.05, 3.63) is 59.7 Å². The number of aliphatic hydroxyl groups excluding tert-OH is 2. The van der Waals surface area contributed by atoms with Crippen molar-refractivity contribution < 1.29 is 40.2 Å². The third kappa shape index (κ3) is 6.80. The average molecular weight is 364 g/mol. The molecular formula is C18H20O8. The van der Waals surface area contributed by atoms with Crippen molar-refractivity contribution in [2.24, 2.45) is 0 Å². The summed E-state index contributed by atoms with van der Waals surface area (Å²) >= 11 is 0. The Bertz CT molecular complexity index is 680. The van der Waals surface area contributed by atoms with E-state index in [0.717, 1.165) is 0 Å². The number of hydrogen-bond acceptors (Lipinski definition) is 6. The van der Waals surface area contributed by atoms with E-state index >= 15 is 0 Å². The largest absolute Gasteiger partial charge is 0.508 e. The number of carboxylic acids is 2. The molecule has 0 aromatic heterocycles. The summed E-state index contributed by atoms with van der Waals surface area (Å²) in [4.78, 5) is 20.6. The number of phenolic OH excluding ortho intramolecular Hbond substituents is 2. The van der Waals surface area contributed by atoms with E-state index in [9.17, 15) is 19.8 Å². The second-order valence-corrected chi connectivity index (χ2v) is 5.37. The third-order valence-electron chi connectivity index (χ3n) is 3.38. The van der Waals surface area contributed by atoms with Crippen molar-refractivity contribution in [1.82, 2.24) is 0 Å². The normalized spacial score (nSPS) is 12.4. The second kappa shape index (κ2) is 10.0. The van der Waals surface area contributed by atoms with Crippen molar-refractivity contribution in [2.75, 3.05) is 0 Å². The molecule has 0 saturated carbocycles. The number of carbonyl (C=O) groups is 2. The Morgan fingerprint density at radius 3 is 1.27 bits per heavy atom. The van der Waals surface area contributed by atoms with Crippen molar-refractivity contribution in [3.63, 3.8) is 0 Å². The number of para-hydroxylation sites is 2. The molecule has 2 rings (SSSR count). The summed E-state index contributed by atoms with van der Waals surface area (Å²) in [6.07, 6.45) is -3.09. The zero-order valence-electron chi connectivity index (χ0n) is 13.7. The SMILES string of the molecule is O=C(O)C(O)Cc1ccccc1O.O=C(O)C(O)Cc1ccccc1O. The van der Waals surface area contributed by atoms with Gasteiger partial charge in [-0.15, -0.1) is 0 Å². The van der Waals surface area contributed by atoms with E-state index in [-0.39, 0.29) is 24.3 Å². The molecular weight excluding hydrogens is 344 g/mol. The molecule has 0 bridgehead atoms. The number of benzene rings is 2. The molecule has 0 amide bonds. The lowest BCUT2D eigenvalue weighted by Crippen LogP contribution is -2.21. The lowest BCUT2D eigenvalue weighted by molar-refractivity contribution is -0.147. The monoisotopic (exact) mass is 364 g/mol. The number of carboxylic acid groups (broad SMARTS) is 2. The highest BCUT2D eigenvalue weighted by atomic mass is 16.4. The highest BCUT2D eigenvalue weighted by molar-refractivity contribution is 5.72. The van der Waals surface area contributed by atoms with E-state index in [0.29, 0.717) is 11.1 Å². The molecule has 2 aromatic rings. The number of phenols is 2. The van der Waals surface area contributed by atoms with Crippen LogP contribution in [-0.4, -0.2) is 54.8 Å². The first kappa shape index (κ1) is 20.9. The Hall–Kier alpha value is -3.10. The van der Waals surface area contributed by atoms with E-state index in [2.05, 4.69) is 0 Å². The summed E-state index contributed by atoms with van der Waals surface area (Å²) in [6.45, 7) is 0. The average Bonchev–Trinajstić information content (AvgIpc) is 2.59. The van der Waals surface area contributed by atoms with Crippen molar-refractivity contribution in [3.8, 4) is 11.5 Å². The number of aromatic hydroxyl groups is 2. The van der Waals surface area contributed by atoms with Crippen LogP contribution in [0.15, 0.2) is 48.5 Å². The van der Waals surface area contributed by atoms with Gasteiger partial charge in [-0.3, -0.25) is 0 Å². The smallest absolute Gasteiger partial charge is 0.332 e. The fourth-order valence-corrected chi connectivity index (χ4v) is 1.96. The van der Waals surface area contributed by atoms with Crippen LogP contribution in [0, 0.1) is 0 Å². The first-order chi connectivity index (χ1) is 12.2. The summed E-state index contributed by atoms with van der Waals surface area (Å²) in [6, 6.07) is 12.6. The minimum Gasteiger partial charge on any atom is -0.508 e. The van der Waals surface area contributed by atoms with Gasteiger partial charge < -0.3 is 30.6 Å². The Kier molecular flexibility index (Phi) is 8.07. The molecule has 8 nitrogen and oxygen atoms in total. The predicted octanol–water partition coefficient (Wildman–Crippen LogP) is 0.760. The summed E-state index contributed by atoms with van der Waals surface area (Å²) < 4.78 is 0. The first-order valence-corrected chi connectivity index (χ1v) is 7.57. The van der Waals surface area contributed by atoms with Crippen LogP contribution < -0.4 is 0 Å². The molecule has 0 heterocycles. The predicted molar refractivity (Wildman–Crippen MR) is 90.9 cm³/mol. The Labute approximate surface area is 149 Å². The van der Waals surface area contributed by atoms with Gasteiger partial charge in [-0.1, -0.05) is 36.4 Å². The summed E-state index contributed by atoms with van der Waals surface area (Å²) in [7, 11) is 0. The van der Waals surface area contributed by atoms with Crippen LogP contribution >= 0.6 is 0 Å². The van der Waals surface area contributed by atoms with Crippen LogP contribution in [0.2, 0.25) is 0 Å². The van der Waals surface area contributed by atoms with Gasteiger partial charge in [0, 0.05) is 12.8 Å². The van der Waals surface area contributed by atoms with E-state index in [4.69, 9.17) is 20.4 Å². The summed E-state index contributed by atoms with van der Waals surface area (Å²) in [5, 5.41) is 53.3. The van der Waals surface area contributed by atoms with Crippen molar-refractivity contribution >= 4 is 11.9 Å². The lowest BCUT2D eigenvalue weighted by atomic mass is 10.1. The molecule has 2 unspecified atom stereocenters. The molecule has 2 atom stereocenters. The number of rotatable bonds is 6. The van der Waals surface area contributed by atoms with Gasteiger partial charge in [-0.25, -0.2) is 9.59 Å². The van der Waals surface area contributed by atoms with Crippen LogP contribution in [-0.2, 0) is 22.4 Å². The van der Waals surface area contributed by atoms with E-state index in [1.165, 1.54) is 12.1 Å². The quantitative estimate of drug-likeness (QED) is 0.439. The molecule has 0 radical (unpaired) electrons. The number of aliphatic carboxylic acids is 2. The van der Waals surface area contributed by atoms with E-state index in [1.807, 2.05) is 0 Å². The maximum absolute atomic E-state index is 10.3. The molecule has 0 fully saturated rings. The van der Waals surface area contributed by atoms with Gasteiger partial charge in [-0.2, -0.15) is 0 Å². The zero-order valence-corrected chi connectivity index (χ0v) is 13.7. The highest BCUT2D eigenvalue weighted by Gasteiger charge is 2.15. The van der Waals surface area contributed by atoms with Crippen molar-refractivity contribution in [1.29, 1.82) is 0 Å². The van der Waals surface area contributed by atoms with E-state index in [1.54, 1.807) is 36.4 Å². The van der Waals surface area contributed by atoms with Gasteiger partial charge in [0.25, 0.3) is 0 Å². The fraction of sp³-hybridized carbons (Fsp3) is 0.222. The standard InChI is InChI=1S/2C9H10O4/c2*10-7-4-2-1-3-6(7)5-8(11)9(12)13/h2*1-4,8,10-11H,5H2,(H,12,13). The van der Waals surface area contributed by atoms with Crippen LogP contribution in [0.25, 0.3) is 0 Å². The minimum atomic E-state index is -1.46. The van der Waals surface area contributed by atoms with Gasteiger partial charge >= 0.3 is 11.9 Å². The van der Waals surface area contributed by atoms with Gasteiger partial charge in [-0.05, 0) is 23.3 Å². The van der Waals surface area contributed by atoms with Gasteiger partial charge in [0.1, 0.15) is 11.5 Å². The molecule has 26 heavy (non-hydrogen) atoms. The second-order valence-electron chi connectivity index (χ2n) is 5.37. The number of aliphatic hydroxyl groups is 2. The molecule has 0 saturated heterocycles. The summed E-state index contributed by atoms with van der Waals surface area (Å²) in [5.41, 5.74) is 0.856. The Morgan fingerprint density at radius 1 is 0.692 bits per heavy atom. The van der Waals surface area contributed by atoms with Gasteiger partial charge in [0.2, 0.25) is 0 Å². The lowest BCUT2D eigenvalue weighted by Gasteiger charge is -2.06. The molecule has 0 aliphatic heterocycles. The van der Waals surface area contributed by atoms with Crippen LogP contribution in [0.4, 0.5) is 0 Å². The molecule has 0 aliphatic carbocycles. The highest BCUT2D eigenvalue weighted by Crippen LogP contribution is 2.18. The molecule has 8 heteroatoms. The maximum Gasteiger partial charge on any atom is 0.332 e. The maximum atomic E-state index is 10.3. The zero-order chi connectivity index (χ0) is 19.7. The Balaban J connectivity index is 0.000000260. The third-order valence-corrected chi connectivity index (χ3v) is 3.38. The van der Waals surface area contributed by atoms with Crippen LogP contribution in [0.3, 0.4) is 0 Å². The number of hydrogen-bond donors (Lipinski definition) is 6. The van der Waals surface area contributed by atoms with E-state index < -0.39 is 24.1 Å².